The van der Waals surface area contributed by atoms with Crippen molar-refractivity contribution in [2.24, 2.45) is 0 Å². The Hall–Kier alpha value is -3.48. The number of nitrogens with zero attached hydrogens (tertiary/aromatic N) is 1. The Bertz CT molecular complexity index is 977. The molecule has 0 spiro atoms. The van der Waals surface area contributed by atoms with Gasteiger partial charge in [0.2, 0.25) is 0 Å². The predicted octanol–water partition coefficient (Wildman–Crippen LogP) is 2.22. The maximum atomic E-state index is 13.1. The van der Waals surface area contributed by atoms with E-state index in [4.69, 9.17) is 4.74 Å². The molecule has 2 aromatic carbocycles. The van der Waals surface area contributed by atoms with E-state index < -0.39 is 23.9 Å². The maximum absolute atomic E-state index is 13.1. The Morgan fingerprint density at radius 3 is 2.00 bits per heavy atom. The van der Waals surface area contributed by atoms with E-state index in [-0.39, 0.29) is 6.42 Å². The topological polar surface area (TPSA) is 94.6 Å². The summed E-state index contributed by atoms with van der Waals surface area (Å²) in [6, 6.07) is 13.3. The number of benzene rings is 2. The number of hydrogen-bond acceptors (Lipinski definition) is 6. The first-order valence-electron chi connectivity index (χ1n) is 8.28. The van der Waals surface area contributed by atoms with Gasteiger partial charge in [-0.3, -0.25) is 9.59 Å². The normalized spacial score (nSPS) is 11.8. The van der Waals surface area contributed by atoms with Crippen LogP contribution in [0.15, 0.2) is 48.5 Å². The number of para-hydroxylation sites is 2. The average Bonchev–Trinajstić information content (AvgIpc) is 2.70. The minimum absolute atomic E-state index is 0.324. The number of carbonyl (C=O) groups excluding carboxylic acids is 3. The molecule has 3 aromatic rings. The Balaban J connectivity index is 2.07. The zero-order valence-corrected chi connectivity index (χ0v) is 14.9. The number of esters is 2. The van der Waals surface area contributed by atoms with Crippen molar-refractivity contribution < 1.29 is 23.9 Å². The zero-order valence-electron chi connectivity index (χ0n) is 14.9. The van der Waals surface area contributed by atoms with Crippen LogP contribution in [-0.2, 0) is 19.1 Å². The van der Waals surface area contributed by atoms with Crippen molar-refractivity contribution in [1.29, 1.82) is 0 Å². The standard InChI is InChI=1S/C20H18N2O5/c1-26-17(23)11-16(20(25)27-2)22-19(24)18-12-7-3-5-9-14(12)21-15-10-6-4-8-13(15)18/h3-10,16H,11H2,1-2H3,(H,22,24)/t16-/m1/s1. The molecule has 0 unspecified atom stereocenters. The van der Waals surface area contributed by atoms with Gasteiger partial charge in [0.05, 0.1) is 37.2 Å². The lowest BCUT2D eigenvalue weighted by Gasteiger charge is -2.17. The van der Waals surface area contributed by atoms with E-state index in [2.05, 4.69) is 15.0 Å². The van der Waals surface area contributed by atoms with Crippen molar-refractivity contribution in [2.75, 3.05) is 14.2 Å². The average molecular weight is 366 g/mol. The van der Waals surface area contributed by atoms with E-state index in [0.717, 1.165) is 0 Å². The van der Waals surface area contributed by atoms with Crippen LogP contribution in [0.1, 0.15) is 16.8 Å². The molecule has 0 bridgehead atoms. The van der Waals surface area contributed by atoms with Gasteiger partial charge in [-0.1, -0.05) is 36.4 Å². The molecular formula is C20H18N2O5. The first kappa shape index (κ1) is 18.3. The molecule has 1 N–H and O–H groups in total. The fraction of sp³-hybridized carbons (Fsp3) is 0.200. The van der Waals surface area contributed by atoms with Crippen LogP contribution in [0.4, 0.5) is 0 Å². The third-order valence-corrected chi connectivity index (χ3v) is 4.20. The second-order valence-corrected chi connectivity index (χ2v) is 5.85. The number of carbonyl (C=O) groups is 3. The van der Waals surface area contributed by atoms with E-state index in [0.29, 0.717) is 27.4 Å². The van der Waals surface area contributed by atoms with Crippen LogP contribution in [0.3, 0.4) is 0 Å². The van der Waals surface area contributed by atoms with E-state index in [1.165, 1.54) is 14.2 Å². The van der Waals surface area contributed by atoms with Crippen molar-refractivity contribution in [1.82, 2.24) is 10.3 Å². The molecular weight excluding hydrogens is 348 g/mol. The lowest BCUT2D eigenvalue weighted by atomic mass is 10.0. The summed E-state index contributed by atoms with van der Waals surface area (Å²) in [4.78, 5) is 41.2. The second-order valence-electron chi connectivity index (χ2n) is 5.85. The minimum atomic E-state index is -1.15. The summed E-state index contributed by atoms with van der Waals surface area (Å²) in [5, 5.41) is 3.89. The van der Waals surface area contributed by atoms with Gasteiger partial charge < -0.3 is 14.8 Å². The van der Waals surface area contributed by atoms with Gasteiger partial charge >= 0.3 is 11.9 Å². The molecule has 0 fully saturated rings. The smallest absolute Gasteiger partial charge is 0.328 e. The van der Waals surface area contributed by atoms with Crippen LogP contribution < -0.4 is 5.32 Å². The maximum Gasteiger partial charge on any atom is 0.328 e. The number of amides is 1. The van der Waals surface area contributed by atoms with E-state index in [9.17, 15) is 14.4 Å². The second kappa shape index (κ2) is 7.82. The van der Waals surface area contributed by atoms with Gasteiger partial charge in [-0.2, -0.15) is 0 Å². The highest BCUT2D eigenvalue weighted by Crippen LogP contribution is 2.26. The Morgan fingerprint density at radius 2 is 1.48 bits per heavy atom. The minimum Gasteiger partial charge on any atom is -0.469 e. The van der Waals surface area contributed by atoms with Crippen molar-refractivity contribution in [3.63, 3.8) is 0 Å². The van der Waals surface area contributed by atoms with Gasteiger partial charge in [0.25, 0.3) is 5.91 Å². The van der Waals surface area contributed by atoms with Gasteiger partial charge in [0.15, 0.2) is 0 Å². The largest absolute Gasteiger partial charge is 0.469 e. The summed E-state index contributed by atoms with van der Waals surface area (Å²) in [7, 11) is 2.40. The van der Waals surface area contributed by atoms with Gasteiger partial charge in [-0.25, -0.2) is 9.78 Å². The number of nitrogens with one attached hydrogen (secondary N) is 1. The van der Waals surface area contributed by atoms with Crippen molar-refractivity contribution in [3.8, 4) is 0 Å². The molecule has 27 heavy (non-hydrogen) atoms. The number of fused-ring (bicyclic) bond motifs is 2. The van der Waals surface area contributed by atoms with Crippen LogP contribution in [0.2, 0.25) is 0 Å². The van der Waals surface area contributed by atoms with Crippen LogP contribution in [0.25, 0.3) is 21.8 Å². The molecule has 0 aliphatic rings. The molecule has 0 radical (unpaired) electrons. The summed E-state index contributed by atoms with van der Waals surface area (Å²) < 4.78 is 9.29. The number of hydrogen-bond donors (Lipinski definition) is 1. The molecule has 1 heterocycles. The van der Waals surface area contributed by atoms with Crippen LogP contribution in [-0.4, -0.2) is 43.1 Å². The summed E-state index contributed by atoms with van der Waals surface area (Å²) in [6.45, 7) is 0. The summed E-state index contributed by atoms with van der Waals surface area (Å²) in [5.74, 6) is -1.85. The van der Waals surface area contributed by atoms with Gasteiger partial charge in [0.1, 0.15) is 6.04 Å². The molecule has 0 aliphatic carbocycles. The Labute approximate surface area is 155 Å². The van der Waals surface area contributed by atoms with Gasteiger partial charge in [-0.05, 0) is 12.1 Å². The van der Waals surface area contributed by atoms with Crippen LogP contribution in [0.5, 0.6) is 0 Å². The molecule has 7 nitrogen and oxygen atoms in total. The van der Waals surface area contributed by atoms with Crippen LogP contribution in [0, 0.1) is 0 Å². The molecule has 1 atom stereocenters. The molecule has 7 heteroatoms. The highest BCUT2D eigenvalue weighted by atomic mass is 16.5. The van der Waals surface area contributed by atoms with Crippen molar-refractivity contribution in [2.45, 2.75) is 12.5 Å². The third-order valence-electron chi connectivity index (χ3n) is 4.20. The van der Waals surface area contributed by atoms with E-state index >= 15 is 0 Å². The summed E-state index contributed by atoms with van der Waals surface area (Å²) >= 11 is 0. The molecule has 1 aromatic heterocycles. The molecule has 0 aliphatic heterocycles. The number of methoxy groups -OCH3 is 2. The summed E-state index contributed by atoms with van der Waals surface area (Å²) in [5.41, 5.74) is 1.70. The number of ether oxygens (including phenoxy) is 2. The highest BCUT2D eigenvalue weighted by molar-refractivity contribution is 6.16. The molecule has 0 saturated carbocycles. The predicted molar refractivity (Wildman–Crippen MR) is 99.2 cm³/mol. The fourth-order valence-electron chi connectivity index (χ4n) is 2.90. The van der Waals surface area contributed by atoms with Gasteiger partial charge in [0, 0.05) is 10.8 Å². The zero-order chi connectivity index (χ0) is 19.4. The number of pyridine rings is 1. The quantitative estimate of drug-likeness (QED) is 0.550. The lowest BCUT2D eigenvalue weighted by molar-refractivity contribution is -0.149. The Kier molecular flexibility index (Phi) is 5.30. The fourth-order valence-corrected chi connectivity index (χ4v) is 2.90. The molecule has 1 amide bonds. The van der Waals surface area contributed by atoms with E-state index in [1.807, 2.05) is 36.4 Å². The summed E-state index contributed by atoms with van der Waals surface area (Å²) in [6.07, 6.45) is -0.324. The molecule has 0 saturated heterocycles. The van der Waals surface area contributed by atoms with E-state index in [1.54, 1.807) is 12.1 Å². The molecule has 3 rings (SSSR count). The van der Waals surface area contributed by atoms with Crippen molar-refractivity contribution in [3.05, 3.63) is 54.1 Å². The van der Waals surface area contributed by atoms with Crippen molar-refractivity contribution >= 4 is 39.7 Å². The lowest BCUT2D eigenvalue weighted by Crippen LogP contribution is -2.43. The number of aromatic nitrogens is 1. The number of rotatable bonds is 5. The SMILES string of the molecule is COC(=O)C[C@@H](NC(=O)c1c2ccccc2nc2ccccc12)C(=O)OC. The monoisotopic (exact) mass is 366 g/mol. The first-order chi connectivity index (χ1) is 13.0. The molecule has 138 valence electrons. The Morgan fingerprint density at radius 1 is 0.926 bits per heavy atom. The first-order valence-corrected chi connectivity index (χ1v) is 8.28. The van der Waals surface area contributed by atoms with Crippen LogP contribution >= 0.6 is 0 Å². The highest BCUT2D eigenvalue weighted by Gasteiger charge is 2.27. The van der Waals surface area contributed by atoms with Gasteiger partial charge in [-0.15, -0.1) is 0 Å². The third kappa shape index (κ3) is 3.72.